The number of hydroxylamine groups is 1. The molecule has 0 saturated carbocycles. The maximum atomic E-state index is 13.9. The number of carbonyl (C=O) groups is 2. The van der Waals surface area contributed by atoms with Crippen LogP contribution >= 0.6 is 23.2 Å². The molecule has 36 heavy (non-hydrogen) atoms. The number of likely N-dealkylation sites (tertiary alicyclic amines) is 1. The molecule has 1 N–H and O–H groups in total. The van der Waals surface area contributed by atoms with Crippen LogP contribution in [0.15, 0.2) is 72.8 Å². The third-order valence-electron chi connectivity index (χ3n) is 6.95. The zero-order valence-corrected chi connectivity index (χ0v) is 21.4. The van der Waals surface area contributed by atoms with E-state index in [-0.39, 0.29) is 24.5 Å². The molecule has 6 nitrogen and oxygen atoms in total. The molecule has 2 heterocycles. The number of likely N-dealkylation sites (N-methyl/N-ethyl adjacent to an activating group) is 1. The molecule has 0 radical (unpaired) electrons. The van der Waals surface area contributed by atoms with Gasteiger partial charge < -0.3 is 9.80 Å². The van der Waals surface area contributed by atoms with E-state index in [2.05, 4.69) is 10.4 Å². The first kappa shape index (κ1) is 24.8. The van der Waals surface area contributed by atoms with E-state index in [4.69, 9.17) is 28.0 Å². The summed E-state index contributed by atoms with van der Waals surface area (Å²) in [6.07, 6.45) is 0.810. The minimum absolute atomic E-state index is 0.0619. The Hall–Kier alpha value is -2.90. The molecule has 8 heteroatoms. The lowest BCUT2D eigenvalue weighted by atomic mass is 9.78. The van der Waals surface area contributed by atoms with Crippen LogP contribution in [0.25, 0.3) is 0 Å². The fourth-order valence-corrected chi connectivity index (χ4v) is 5.79. The minimum Gasteiger partial charge on any atom is -0.326 e. The largest absolute Gasteiger partial charge is 0.326 e. The average Bonchev–Trinajstić information content (AvgIpc) is 3.30. The fourth-order valence-electron chi connectivity index (χ4n) is 5.27. The summed E-state index contributed by atoms with van der Waals surface area (Å²) in [5.41, 5.74) is 5.45. The Morgan fingerprint density at radius 1 is 1.03 bits per heavy atom. The highest BCUT2D eigenvalue weighted by Gasteiger charge is 2.48. The molecule has 3 aromatic carbocycles. The van der Waals surface area contributed by atoms with Crippen LogP contribution in [0.2, 0.25) is 10.0 Å². The highest BCUT2D eigenvalue weighted by Crippen LogP contribution is 2.47. The second kappa shape index (κ2) is 10.6. The monoisotopic (exact) mass is 523 g/mol. The molecule has 186 valence electrons. The third-order valence-corrected chi connectivity index (χ3v) is 7.52. The van der Waals surface area contributed by atoms with Crippen LogP contribution in [0.3, 0.4) is 0 Å². The molecular formula is C28H27Cl2N3O3. The molecule has 0 aliphatic carbocycles. The van der Waals surface area contributed by atoms with Gasteiger partial charge in [-0.2, -0.15) is 0 Å². The molecule has 0 spiro atoms. The average molecular weight is 524 g/mol. The topological polar surface area (TPSA) is 61.9 Å². The first-order valence-electron chi connectivity index (χ1n) is 11.9. The number of hydrogen-bond donors (Lipinski definition) is 1. The predicted octanol–water partition coefficient (Wildman–Crippen LogP) is 5.23. The van der Waals surface area contributed by atoms with Crippen LogP contribution in [-0.4, -0.2) is 47.8 Å². The summed E-state index contributed by atoms with van der Waals surface area (Å²) in [5, 5.41) is 0.907. The lowest BCUT2D eigenvalue weighted by Gasteiger charge is -2.45. The standard InChI is InChI=1S/C28H27Cl2N3O3/c1-32-14-13-20(16-32)33-26(23-12-11-19(29)15-24(23)30)25(21-9-5-6-10-22(21)28(33)35)27(34)31-36-17-18-7-3-2-4-8-18/h2-12,15,20,25-26H,13-14,16-17H2,1H3,(H,31,34)/t20-,25-,26+/m1/s1. The number of nitrogens with one attached hydrogen (secondary N) is 1. The van der Waals surface area contributed by atoms with Crippen molar-refractivity contribution in [3.8, 4) is 0 Å². The molecule has 1 fully saturated rings. The molecule has 3 aromatic rings. The normalized spacial score (nSPS) is 21.9. The van der Waals surface area contributed by atoms with Gasteiger partial charge in [0.15, 0.2) is 0 Å². The van der Waals surface area contributed by atoms with Gasteiger partial charge in [-0.05, 0) is 54.9 Å². The van der Waals surface area contributed by atoms with Crippen LogP contribution in [0, 0.1) is 0 Å². The minimum atomic E-state index is -0.723. The molecule has 0 aromatic heterocycles. The number of hydrogen-bond acceptors (Lipinski definition) is 4. The van der Waals surface area contributed by atoms with Gasteiger partial charge in [-0.1, -0.05) is 77.8 Å². The van der Waals surface area contributed by atoms with Crippen LogP contribution in [-0.2, 0) is 16.2 Å². The van der Waals surface area contributed by atoms with Crippen molar-refractivity contribution in [1.29, 1.82) is 0 Å². The molecule has 2 aliphatic rings. The predicted molar refractivity (Wildman–Crippen MR) is 140 cm³/mol. The zero-order chi connectivity index (χ0) is 25.2. The number of carbonyl (C=O) groups excluding carboxylic acids is 2. The molecule has 2 amide bonds. The van der Waals surface area contributed by atoms with Crippen molar-refractivity contribution in [1.82, 2.24) is 15.3 Å². The van der Waals surface area contributed by atoms with Gasteiger partial charge in [-0.15, -0.1) is 0 Å². The van der Waals surface area contributed by atoms with Crippen LogP contribution in [0.5, 0.6) is 0 Å². The van der Waals surface area contributed by atoms with E-state index in [1.165, 1.54) is 0 Å². The van der Waals surface area contributed by atoms with E-state index < -0.39 is 12.0 Å². The van der Waals surface area contributed by atoms with Gasteiger partial charge in [0.1, 0.15) is 0 Å². The van der Waals surface area contributed by atoms with Gasteiger partial charge in [0, 0.05) is 28.2 Å². The van der Waals surface area contributed by atoms with Crippen LogP contribution in [0.4, 0.5) is 0 Å². The Kier molecular flexibility index (Phi) is 7.30. The van der Waals surface area contributed by atoms with E-state index in [0.717, 1.165) is 18.5 Å². The van der Waals surface area contributed by atoms with Crippen LogP contribution in [0.1, 0.15) is 45.4 Å². The summed E-state index contributed by atoms with van der Waals surface area (Å²) in [6.45, 7) is 1.81. The molecule has 1 saturated heterocycles. The molecule has 0 unspecified atom stereocenters. The van der Waals surface area contributed by atoms with Crippen molar-refractivity contribution >= 4 is 35.0 Å². The zero-order valence-electron chi connectivity index (χ0n) is 19.9. The number of rotatable bonds is 6. The summed E-state index contributed by atoms with van der Waals surface area (Å²) in [4.78, 5) is 37.4. The fraction of sp³-hybridized carbons (Fsp3) is 0.286. The van der Waals surface area contributed by atoms with E-state index in [0.29, 0.717) is 33.3 Å². The van der Waals surface area contributed by atoms with Crippen molar-refractivity contribution in [3.63, 3.8) is 0 Å². The Morgan fingerprint density at radius 3 is 2.50 bits per heavy atom. The van der Waals surface area contributed by atoms with Crippen molar-refractivity contribution in [2.24, 2.45) is 0 Å². The summed E-state index contributed by atoms with van der Waals surface area (Å²) in [5.74, 6) is -1.16. The van der Waals surface area contributed by atoms with Gasteiger partial charge in [0.05, 0.1) is 18.6 Å². The van der Waals surface area contributed by atoms with E-state index in [9.17, 15) is 9.59 Å². The first-order chi connectivity index (χ1) is 17.4. The summed E-state index contributed by atoms with van der Waals surface area (Å²) < 4.78 is 0. The van der Waals surface area contributed by atoms with Gasteiger partial charge in [-0.25, -0.2) is 5.48 Å². The van der Waals surface area contributed by atoms with Crippen LogP contribution < -0.4 is 5.48 Å². The second-order valence-electron chi connectivity index (χ2n) is 9.33. The van der Waals surface area contributed by atoms with E-state index in [1.54, 1.807) is 18.2 Å². The number of benzene rings is 3. The van der Waals surface area contributed by atoms with Gasteiger partial charge in [0.25, 0.3) is 11.8 Å². The van der Waals surface area contributed by atoms with Gasteiger partial charge >= 0.3 is 0 Å². The maximum absolute atomic E-state index is 13.9. The lowest BCUT2D eigenvalue weighted by molar-refractivity contribution is -0.138. The molecule has 3 atom stereocenters. The molecular weight excluding hydrogens is 497 g/mol. The summed E-state index contributed by atoms with van der Waals surface area (Å²) in [7, 11) is 2.04. The highest BCUT2D eigenvalue weighted by molar-refractivity contribution is 6.35. The second-order valence-corrected chi connectivity index (χ2v) is 10.2. The Bertz CT molecular complexity index is 1270. The summed E-state index contributed by atoms with van der Waals surface area (Å²) >= 11 is 12.9. The van der Waals surface area contributed by atoms with E-state index in [1.807, 2.05) is 66.5 Å². The van der Waals surface area contributed by atoms with Crippen molar-refractivity contribution in [2.75, 3.05) is 20.1 Å². The number of fused-ring (bicyclic) bond motifs is 1. The molecule has 0 bridgehead atoms. The number of nitrogens with zero attached hydrogens (tertiary/aromatic N) is 2. The smallest absolute Gasteiger partial charge is 0.255 e. The lowest BCUT2D eigenvalue weighted by Crippen LogP contribution is -2.52. The Morgan fingerprint density at radius 2 is 1.78 bits per heavy atom. The SMILES string of the molecule is CN1CC[C@@H](N2C(=O)c3ccccc3[C@@H](C(=O)NOCc3ccccc3)[C@@H]2c2ccc(Cl)cc2Cl)C1. The Balaban J connectivity index is 1.56. The van der Waals surface area contributed by atoms with Gasteiger partial charge in [-0.3, -0.25) is 14.4 Å². The third kappa shape index (κ3) is 4.87. The van der Waals surface area contributed by atoms with Crippen molar-refractivity contribution in [2.45, 2.75) is 31.0 Å². The Labute approximate surface area is 220 Å². The number of amides is 2. The van der Waals surface area contributed by atoms with Crippen molar-refractivity contribution in [3.05, 3.63) is 105 Å². The molecule has 2 aliphatic heterocycles. The maximum Gasteiger partial charge on any atom is 0.255 e. The van der Waals surface area contributed by atoms with Gasteiger partial charge in [0.2, 0.25) is 0 Å². The number of halogens is 2. The quantitative estimate of drug-likeness (QED) is 0.449. The summed E-state index contributed by atoms with van der Waals surface area (Å²) in [6, 6.07) is 21.4. The first-order valence-corrected chi connectivity index (χ1v) is 12.7. The highest BCUT2D eigenvalue weighted by atomic mass is 35.5. The molecule has 5 rings (SSSR count). The van der Waals surface area contributed by atoms with Crippen molar-refractivity contribution < 1.29 is 14.4 Å². The van der Waals surface area contributed by atoms with E-state index >= 15 is 0 Å².